The molecule has 0 aliphatic heterocycles. The fourth-order valence-electron chi connectivity index (χ4n) is 1.66. The lowest BCUT2D eigenvalue weighted by Crippen LogP contribution is -2.15. The molecule has 0 aliphatic carbocycles. The van der Waals surface area contributed by atoms with Gasteiger partial charge >= 0.3 is 5.97 Å². The van der Waals surface area contributed by atoms with Crippen molar-refractivity contribution in [2.24, 2.45) is 0 Å². The van der Waals surface area contributed by atoms with Crippen LogP contribution in [0.2, 0.25) is 10.0 Å². The molecule has 1 heterocycles. The first-order valence-corrected chi connectivity index (χ1v) is 6.12. The van der Waals surface area contributed by atoms with E-state index >= 15 is 0 Å². The van der Waals surface area contributed by atoms with Gasteiger partial charge in [-0.15, -0.1) is 0 Å². The van der Waals surface area contributed by atoms with Gasteiger partial charge in [0.2, 0.25) is 0 Å². The van der Waals surface area contributed by atoms with Crippen LogP contribution in [-0.4, -0.2) is 16.1 Å². The van der Waals surface area contributed by atoms with Crippen LogP contribution in [0.4, 0.5) is 0 Å². The molecule has 0 fully saturated rings. The van der Waals surface area contributed by atoms with Gasteiger partial charge in [-0.1, -0.05) is 29.3 Å². The van der Waals surface area contributed by atoms with Crippen molar-refractivity contribution in [3.05, 3.63) is 67.6 Å². The highest BCUT2D eigenvalue weighted by atomic mass is 35.5. The van der Waals surface area contributed by atoms with Crippen molar-refractivity contribution in [2.45, 2.75) is 6.42 Å². The number of benzene rings is 1. The lowest BCUT2D eigenvalue weighted by atomic mass is 10.0. The van der Waals surface area contributed by atoms with E-state index < -0.39 is 5.97 Å². The Morgan fingerprint density at radius 1 is 1.21 bits per heavy atom. The summed E-state index contributed by atoms with van der Waals surface area (Å²) in [5.74, 6) is -1.10. The van der Waals surface area contributed by atoms with E-state index in [4.69, 9.17) is 28.3 Å². The van der Waals surface area contributed by atoms with Crippen molar-refractivity contribution in [2.75, 3.05) is 0 Å². The summed E-state index contributed by atoms with van der Waals surface area (Å²) in [5, 5.41) is 9.83. The normalized spacial score (nSPS) is 10.4. The quantitative estimate of drug-likeness (QED) is 0.915. The first-order valence-electron chi connectivity index (χ1n) is 5.36. The maximum atomic E-state index is 11.7. The minimum Gasteiger partial charge on any atom is -0.478 e. The van der Waals surface area contributed by atoms with Crippen LogP contribution >= 0.6 is 23.2 Å². The van der Waals surface area contributed by atoms with Crippen LogP contribution in [0.25, 0.3) is 0 Å². The van der Waals surface area contributed by atoms with Gasteiger partial charge in [0, 0.05) is 28.2 Å². The molecule has 2 N–H and O–H groups in total. The predicted octanol–water partition coefficient (Wildman–Crippen LogP) is 2.97. The van der Waals surface area contributed by atoms with Crippen molar-refractivity contribution in [3.8, 4) is 0 Å². The molecule has 0 aliphatic rings. The van der Waals surface area contributed by atoms with Gasteiger partial charge in [0.25, 0.3) is 5.56 Å². The number of carboxylic acid groups (broad SMARTS) is 1. The second-order valence-electron chi connectivity index (χ2n) is 3.96. The fraction of sp³-hybridized carbons (Fsp3) is 0.0769. The van der Waals surface area contributed by atoms with Crippen molar-refractivity contribution in [3.63, 3.8) is 0 Å². The number of aromatic amines is 1. The van der Waals surface area contributed by atoms with E-state index in [0.29, 0.717) is 21.2 Å². The summed E-state index contributed by atoms with van der Waals surface area (Å²) in [7, 11) is 0. The number of halogens is 2. The second-order valence-corrected chi connectivity index (χ2v) is 4.80. The molecule has 1 aromatic carbocycles. The van der Waals surface area contributed by atoms with E-state index in [1.54, 1.807) is 18.2 Å². The van der Waals surface area contributed by atoms with E-state index in [-0.39, 0.29) is 17.5 Å². The van der Waals surface area contributed by atoms with Crippen LogP contribution < -0.4 is 5.56 Å². The Labute approximate surface area is 118 Å². The highest BCUT2D eigenvalue weighted by Crippen LogP contribution is 2.22. The number of pyridine rings is 1. The van der Waals surface area contributed by atoms with Gasteiger partial charge in [-0.05, 0) is 23.8 Å². The molecule has 2 rings (SSSR count). The molecule has 0 radical (unpaired) electrons. The number of aromatic nitrogens is 1. The van der Waals surface area contributed by atoms with Crippen molar-refractivity contribution in [1.29, 1.82) is 0 Å². The minimum absolute atomic E-state index is 0.0275. The van der Waals surface area contributed by atoms with Gasteiger partial charge in [0.15, 0.2) is 0 Å². The summed E-state index contributed by atoms with van der Waals surface area (Å²) >= 11 is 11.8. The average molecular weight is 298 g/mol. The van der Waals surface area contributed by atoms with Crippen LogP contribution in [0, 0.1) is 0 Å². The molecule has 0 saturated heterocycles. The Kier molecular flexibility index (Phi) is 3.93. The maximum absolute atomic E-state index is 11.7. The zero-order valence-corrected chi connectivity index (χ0v) is 11.1. The van der Waals surface area contributed by atoms with Gasteiger partial charge in [-0.2, -0.15) is 0 Å². The maximum Gasteiger partial charge on any atom is 0.337 e. The Morgan fingerprint density at radius 3 is 2.58 bits per heavy atom. The van der Waals surface area contributed by atoms with E-state index in [2.05, 4.69) is 4.98 Å². The molecule has 6 heteroatoms. The fourth-order valence-corrected chi connectivity index (χ4v) is 2.13. The summed E-state index contributed by atoms with van der Waals surface area (Å²) in [4.78, 5) is 24.9. The molecule has 1 aromatic heterocycles. The van der Waals surface area contributed by atoms with Gasteiger partial charge in [-0.25, -0.2) is 4.79 Å². The first-order chi connectivity index (χ1) is 8.97. The predicted molar refractivity (Wildman–Crippen MR) is 73.3 cm³/mol. The summed E-state index contributed by atoms with van der Waals surface area (Å²) in [5.41, 5.74) is 0.735. The molecular weight excluding hydrogens is 289 g/mol. The zero-order valence-electron chi connectivity index (χ0n) is 9.61. The molecular formula is C13H9Cl2NO3. The summed E-state index contributed by atoms with van der Waals surface area (Å²) in [6.07, 6.45) is 1.41. The van der Waals surface area contributed by atoms with Crippen LogP contribution in [0.1, 0.15) is 21.5 Å². The van der Waals surface area contributed by atoms with Gasteiger partial charge in [0.1, 0.15) is 0 Å². The largest absolute Gasteiger partial charge is 0.478 e. The number of hydrogen-bond donors (Lipinski definition) is 2. The van der Waals surface area contributed by atoms with E-state index in [1.165, 1.54) is 6.07 Å². The van der Waals surface area contributed by atoms with Gasteiger partial charge < -0.3 is 10.1 Å². The molecule has 2 aromatic rings. The molecule has 0 saturated carbocycles. The molecule has 19 heavy (non-hydrogen) atoms. The molecule has 0 bridgehead atoms. The number of carbonyl (C=O) groups is 1. The summed E-state index contributed by atoms with van der Waals surface area (Å²) in [6.45, 7) is 0. The van der Waals surface area contributed by atoms with Crippen molar-refractivity contribution < 1.29 is 9.90 Å². The van der Waals surface area contributed by atoms with Crippen LogP contribution in [0.3, 0.4) is 0 Å². The van der Waals surface area contributed by atoms with E-state index in [1.807, 2.05) is 0 Å². The van der Waals surface area contributed by atoms with Crippen molar-refractivity contribution in [1.82, 2.24) is 4.98 Å². The average Bonchev–Trinajstić information content (AvgIpc) is 2.34. The number of carboxylic acids is 1. The zero-order chi connectivity index (χ0) is 14.0. The first kappa shape index (κ1) is 13.6. The lowest BCUT2D eigenvalue weighted by Gasteiger charge is -2.05. The monoisotopic (exact) mass is 297 g/mol. The highest BCUT2D eigenvalue weighted by Gasteiger charge is 2.10. The highest BCUT2D eigenvalue weighted by molar-refractivity contribution is 6.35. The third-order valence-electron chi connectivity index (χ3n) is 2.62. The Balaban J connectivity index is 2.40. The number of hydrogen-bond acceptors (Lipinski definition) is 2. The standard InChI is InChI=1S/C13H9Cl2NO3/c14-10-2-1-7(11(15)5-10)3-8-4-9(13(18)19)6-16-12(8)17/h1-2,4-6H,3H2,(H,16,17)(H,18,19). The Morgan fingerprint density at radius 2 is 1.95 bits per heavy atom. The number of aromatic carboxylic acids is 1. The topological polar surface area (TPSA) is 70.2 Å². The van der Waals surface area contributed by atoms with Gasteiger partial charge in [-0.3, -0.25) is 4.79 Å². The number of H-pyrrole nitrogens is 1. The SMILES string of the molecule is O=C(O)c1c[nH]c(=O)c(Cc2ccc(Cl)cc2Cl)c1. The van der Waals surface area contributed by atoms with E-state index in [9.17, 15) is 9.59 Å². The third-order valence-corrected chi connectivity index (χ3v) is 3.21. The Bertz CT molecular complexity index is 695. The van der Waals surface area contributed by atoms with E-state index in [0.717, 1.165) is 6.20 Å². The van der Waals surface area contributed by atoms with Crippen LogP contribution in [-0.2, 0) is 6.42 Å². The second kappa shape index (κ2) is 5.47. The summed E-state index contributed by atoms with van der Waals surface area (Å²) in [6, 6.07) is 6.29. The van der Waals surface area contributed by atoms with Crippen LogP contribution in [0.5, 0.6) is 0 Å². The van der Waals surface area contributed by atoms with Crippen LogP contribution in [0.15, 0.2) is 35.3 Å². The smallest absolute Gasteiger partial charge is 0.337 e. The third kappa shape index (κ3) is 3.16. The number of rotatable bonds is 3. The minimum atomic E-state index is -1.10. The molecule has 4 nitrogen and oxygen atoms in total. The lowest BCUT2D eigenvalue weighted by molar-refractivity contribution is 0.0696. The molecule has 98 valence electrons. The van der Waals surface area contributed by atoms with Crippen molar-refractivity contribution >= 4 is 29.2 Å². The summed E-state index contributed by atoms with van der Waals surface area (Å²) < 4.78 is 0. The molecule has 0 unspecified atom stereocenters. The number of nitrogens with one attached hydrogen (secondary N) is 1. The molecule has 0 atom stereocenters. The van der Waals surface area contributed by atoms with Gasteiger partial charge in [0.05, 0.1) is 5.56 Å². The Hall–Kier alpha value is -1.78. The molecule has 0 spiro atoms. The molecule has 0 amide bonds.